The van der Waals surface area contributed by atoms with Gasteiger partial charge in [0, 0.05) is 23.0 Å². The van der Waals surface area contributed by atoms with Crippen LogP contribution >= 0.6 is 54.5 Å². The Hall–Kier alpha value is -2.20. The fourth-order valence-corrected chi connectivity index (χ4v) is 9.54. The van der Waals surface area contributed by atoms with Crippen molar-refractivity contribution < 1.29 is 18.9 Å². The molecule has 58 heavy (non-hydrogen) atoms. The Labute approximate surface area is 375 Å². The molecule has 8 heteroatoms. The van der Waals surface area contributed by atoms with Gasteiger partial charge in [-0.3, -0.25) is 0 Å². The standard InChI is InChI=1S/C50H66Br2O4S2/c1-9-33(5)29-53-45-21-15-39(27-47(45)55-31-35(7)11-3)43-25-38(14-18-42-20-24-50(52)58-42)44(26-37(43)13-17-41-19-23-49(51)57-41)40-16-22-46(54-30-34(6)10-2)48(28-40)56-32-36(8)12-4/h13-15,17-21,23-27,33-36,40,46,48H,9-12,16,22,28-32H2,1-8H3/b17-13+,18-14+. The first kappa shape index (κ1) is 46.9. The lowest BCUT2D eigenvalue weighted by atomic mass is 9.77. The molecule has 0 aliphatic heterocycles. The number of halogens is 2. The third-order valence-corrected chi connectivity index (χ3v) is 14.9. The molecule has 5 rings (SSSR count). The minimum absolute atomic E-state index is 0.0530. The van der Waals surface area contributed by atoms with Gasteiger partial charge in [-0.05, 0) is 163 Å². The van der Waals surface area contributed by atoms with E-state index >= 15 is 0 Å². The lowest BCUT2D eigenvalue weighted by Crippen LogP contribution is -2.39. The van der Waals surface area contributed by atoms with Gasteiger partial charge in [-0.1, -0.05) is 105 Å². The minimum Gasteiger partial charge on any atom is -0.489 e. The summed E-state index contributed by atoms with van der Waals surface area (Å²) in [5.74, 6) is 3.89. The molecule has 2 aromatic heterocycles. The average Bonchev–Trinajstić information content (AvgIpc) is 3.87. The molecule has 1 fully saturated rings. The molecule has 4 nitrogen and oxygen atoms in total. The van der Waals surface area contributed by atoms with Gasteiger partial charge in [0.25, 0.3) is 0 Å². The third kappa shape index (κ3) is 13.9. The van der Waals surface area contributed by atoms with E-state index in [-0.39, 0.29) is 12.2 Å². The first-order valence-corrected chi connectivity index (χ1v) is 24.9. The zero-order valence-corrected chi connectivity index (χ0v) is 40.8. The molecule has 0 saturated heterocycles. The summed E-state index contributed by atoms with van der Waals surface area (Å²) in [4.78, 5) is 2.42. The van der Waals surface area contributed by atoms with E-state index in [9.17, 15) is 0 Å². The average molecular weight is 955 g/mol. The van der Waals surface area contributed by atoms with E-state index in [0.29, 0.717) is 42.8 Å². The topological polar surface area (TPSA) is 36.9 Å². The summed E-state index contributed by atoms with van der Waals surface area (Å²) in [6, 6.07) is 20.0. The molecule has 316 valence electrons. The zero-order chi connectivity index (χ0) is 41.6. The van der Waals surface area contributed by atoms with Crippen LogP contribution in [0.1, 0.15) is 133 Å². The normalized spacial score (nSPS) is 19.4. The van der Waals surface area contributed by atoms with Gasteiger partial charge in [0.2, 0.25) is 0 Å². The molecule has 0 N–H and O–H groups in total. The van der Waals surface area contributed by atoms with Crippen LogP contribution in [0, 0.1) is 23.7 Å². The molecule has 4 aromatic rings. The summed E-state index contributed by atoms with van der Waals surface area (Å²) in [6.07, 6.45) is 16.6. The Balaban J connectivity index is 1.63. The zero-order valence-electron chi connectivity index (χ0n) is 36.0. The second kappa shape index (κ2) is 23.7. The van der Waals surface area contributed by atoms with Crippen molar-refractivity contribution in [3.63, 3.8) is 0 Å². The van der Waals surface area contributed by atoms with E-state index in [1.807, 2.05) is 0 Å². The number of ether oxygens (including phenoxy) is 4. The van der Waals surface area contributed by atoms with Gasteiger partial charge in [0.15, 0.2) is 11.5 Å². The van der Waals surface area contributed by atoms with E-state index in [1.54, 1.807) is 22.7 Å². The maximum Gasteiger partial charge on any atom is 0.161 e. The highest BCUT2D eigenvalue weighted by Crippen LogP contribution is 2.43. The lowest BCUT2D eigenvalue weighted by molar-refractivity contribution is -0.108. The van der Waals surface area contributed by atoms with Gasteiger partial charge in [-0.2, -0.15) is 0 Å². The molecule has 7 atom stereocenters. The summed E-state index contributed by atoms with van der Waals surface area (Å²) in [5, 5.41) is 0. The third-order valence-electron chi connectivity index (χ3n) is 11.7. The predicted octanol–water partition coefficient (Wildman–Crippen LogP) is 16.3. The first-order valence-electron chi connectivity index (χ1n) is 21.7. The molecule has 0 spiro atoms. The van der Waals surface area contributed by atoms with Crippen molar-refractivity contribution in [2.24, 2.45) is 23.7 Å². The van der Waals surface area contributed by atoms with Crippen molar-refractivity contribution in [1.29, 1.82) is 0 Å². The quantitative estimate of drug-likeness (QED) is 0.0787. The number of hydrogen-bond acceptors (Lipinski definition) is 6. The molecule has 0 radical (unpaired) electrons. The number of thiophene rings is 2. The summed E-state index contributed by atoms with van der Waals surface area (Å²) in [6.45, 7) is 20.8. The van der Waals surface area contributed by atoms with Gasteiger partial charge < -0.3 is 18.9 Å². The Morgan fingerprint density at radius 1 is 0.586 bits per heavy atom. The summed E-state index contributed by atoms with van der Waals surface area (Å²) in [7, 11) is 0. The fraction of sp³-hybridized carbons (Fsp3) is 0.520. The minimum atomic E-state index is 0.0530. The maximum absolute atomic E-state index is 6.79. The van der Waals surface area contributed by atoms with E-state index in [2.05, 4.69) is 166 Å². The van der Waals surface area contributed by atoms with E-state index < -0.39 is 0 Å². The van der Waals surface area contributed by atoms with Gasteiger partial charge in [0.05, 0.1) is 33.0 Å². The van der Waals surface area contributed by atoms with Crippen molar-refractivity contribution >= 4 is 78.8 Å². The Morgan fingerprint density at radius 3 is 1.67 bits per heavy atom. The Kier molecular flexibility index (Phi) is 19.2. The van der Waals surface area contributed by atoms with Crippen LogP contribution < -0.4 is 9.47 Å². The molecular formula is C50H66Br2O4S2. The Morgan fingerprint density at radius 2 is 1.12 bits per heavy atom. The van der Waals surface area contributed by atoms with Crippen molar-refractivity contribution in [2.75, 3.05) is 26.4 Å². The van der Waals surface area contributed by atoms with Crippen molar-refractivity contribution in [3.05, 3.63) is 88.6 Å². The van der Waals surface area contributed by atoms with Crippen LogP contribution in [-0.2, 0) is 9.47 Å². The smallest absolute Gasteiger partial charge is 0.161 e. The van der Waals surface area contributed by atoms with Crippen molar-refractivity contribution in [1.82, 2.24) is 0 Å². The van der Waals surface area contributed by atoms with Crippen LogP contribution in [0.4, 0.5) is 0 Å². The lowest BCUT2D eigenvalue weighted by Gasteiger charge is -2.37. The van der Waals surface area contributed by atoms with Crippen LogP contribution in [-0.4, -0.2) is 38.6 Å². The molecule has 2 heterocycles. The van der Waals surface area contributed by atoms with Crippen LogP contribution in [0.3, 0.4) is 0 Å². The van der Waals surface area contributed by atoms with E-state index in [1.165, 1.54) is 32.0 Å². The molecule has 0 bridgehead atoms. The Bertz CT molecular complexity index is 1910. The van der Waals surface area contributed by atoms with Crippen molar-refractivity contribution in [2.45, 2.75) is 118 Å². The van der Waals surface area contributed by atoms with Gasteiger partial charge >= 0.3 is 0 Å². The maximum atomic E-state index is 6.79. The van der Waals surface area contributed by atoms with E-state index in [0.717, 1.165) is 82.8 Å². The fourth-order valence-electron chi connectivity index (χ4n) is 6.88. The summed E-state index contributed by atoms with van der Waals surface area (Å²) < 4.78 is 28.7. The van der Waals surface area contributed by atoms with Crippen LogP contribution in [0.15, 0.2) is 62.2 Å². The summed E-state index contributed by atoms with van der Waals surface area (Å²) >= 11 is 10.9. The highest BCUT2D eigenvalue weighted by Gasteiger charge is 2.34. The monoisotopic (exact) mass is 952 g/mol. The van der Waals surface area contributed by atoms with E-state index in [4.69, 9.17) is 18.9 Å². The molecule has 1 aliphatic carbocycles. The largest absolute Gasteiger partial charge is 0.489 e. The predicted molar refractivity (Wildman–Crippen MR) is 259 cm³/mol. The molecular weight excluding hydrogens is 888 g/mol. The van der Waals surface area contributed by atoms with Gasteiger partial charge in [0.1, 0.15) is 0 Å². The van der Waals surface area contributed by atoms with Crippen LogP contribution in [0.25, 0.3) is 35.4 Å². The number of rotatable bonds is 22. The van der Waals surface area contributed by atoms with Crippen LogP contribution in [0.5, 0.6) is 11.5 Å². The van der Waals surface area contributed by atoms with Gasteiger partial charge in [-0.25, -0.2) is 0 Å². The molecule has 0 amide bonds. The number of benzene rings is 2. The van der Waals surface area contributed by atoms with Gasteiger partial charge in [-0.15, -0.1) is 22.7 Å². The SMILES string of the molecule is CCC(C)COc1ccc(-c2cc(/C=C/c3ccc(Br)s3)c(C3CCC(OCC(C)CC)C(OCC(C)CC)C3)cc2/C=C/c2ccc(Br)s2)cc1OCC(C)CC. The van der Waals surface area contributed by atoms with Crippen molar-refractivity contribution in [3.8, 4) is 22.6 Å². The summed E-state index contributed by atoms with van der Waals surface area (Å²) in [5.41, 5.74) is 6.06. The second-order valence-corrected chi connectivity index (χ2v) is 21.6. The molecule has 2 aromatic carbocycles. The highest BCUT2D eigenvalue weighted by molar-refractivity contribution is 9.11. The molecule has 1 aliphatic rings. The first-order chi connectivity index (χ1) is 28.0. The van der Waals surface area contributed by atoms with Crippen LogP contribution in [0.2, 0.25) is 0 Å². The number of hydrogen-bond donors (Lipinski definition) is 0. The molecule has 1 saturated carbocycles. The second-order valence-electron chi connectivity index (χ2n) is 16.6. The molecule has 7 unspecified atom stereocenters. The highest BCUT2D eigenvalue weighted by atomic mass is 79.9.